The van der Waals surface area contributed by atoms with Crippen molar-refractivity contribution in [3.8, 4) is 0 Å². The van der Waals surface area contributed by atoms with Crippen LogP contribution in [0.3, 0.4) is 0 Å². The van der Waals surface area contributed by atoms with Gasteiger partial charge in [-0.15, -0.1) is 0 Å². The van der Waals surface area contributed by atoms with Crippen LogP contribution in [0.4, 0.5) is 0 Å². The number of methoxy groups -OCH3 is 1. The van der Waals surface area contributed by atoms with Crippen molar-refractivity contribution in [1.82, 2.24) is 0 Å². The van der Waals surface area contributed by atoms with Gasteiger partial charge in [-0.2, -0.15) is 0 Å². The molecule has 0 aliphatic carbocycles. The number of carbonyl (C=O) groups excluding carboxylic acids is 1. The zero-order valence-corrected chi connectivity index (χ0v) is 7.68. The summed E-state index contributed by atoms with van der Waals surface area (Å²) in [4.78, 5) is 11.3. The SMILES string of the molecule is COC(C)(C)C(=O)CC(C)N. The second-order valence-electron chi connectivity index (χ2n) is 3.32. The van der Waals surface area contributed by atoms with Gasteiger partial charge in [0.15, 0.2) is 5.78 Å². The van der Waals surface area contributed by atoms with Crippen LogP contribution in [-0.2, 0) is 9.53 Å². The lowest BCUT2D eigenvalue weighted by molar-refractivity contribution is -0.137. The fourth-order valence-corrected chi connectivity index (χ4v) is 0.652. The second kappa shape index (κ2) is 3.83. The van der Waals surface area contributed by atoms with E-state index < -0.39 is 5.60 Å². The van der Waals surface area contributed by atoms with Crippen LogP contribution in [0.15, 0.2) is 0 Å². The topological polar surface area (TPSA) is 52.3 Å². The normalized spacial score (nSPS) is 14.6. The first-order valence-electron chi connectivity index (χ1n) is 3.74. The minimum atomic E-state index is -0.687. The summed E-state index contributed by atoms with van der Waals surface area (Å²) in [5.41, 5.74) is 4.78. The molecule has 0 saturated carbocycles. The Hall–Kier alpha value is -0.410. The predicted molar refractivity (Wildman–Crippen MR) is 44.4 cm³/mol. The van der Waals surface area contributed by atoms with Crippen LogP contribution in [0.2, 0.25) is 0 Å². The van der Waals surface area contributed by atoms with E-state index >= 15 is 0 Å². The molecule has 1 unspecified atom stereocenters. The van der Waals surface area contributed by atoms with Crippen LogP contribution in [0.25, 0.3) is 0 Å². The zero-order valence-electron chi connectivity index (χ0n) is 7.68. The van der Waals surface area contributed by atoms with Crippen LogP contribution in [-0.4, -0.2) is 24.5 Å². The highest BCUT2D eigenvalue weighted by atomic mass is 16.5. The molecule has 0 heterocycles. The molecule has 11 heavy (non-hydrogen) atoms. The Bertz CT molecular complexity index is 141. The van der Waals surface area contributed by atoms with E-state index in [2.05, 4.69) is 0 Å². The number of Topliss-reactive ketones (excluding diaryl/α,β-unsaturated/α-hetero) is 1. The summed E-state index contributed by atoms with van der Waals surface area (Å²) in [5.74, 6) is 0.0509. The highest BCUT2D eigenvalue weighted by molar-refractivity contribution is 5.86. The Labute approximate surface area is 67.9 Å². The number of ether oxygens (including phenoxy) is 1. The molecule has 0 saturated heterocycles. The van der Waals surface area contributed by atoms with Crippen molar-refractivity contribution in [3.05, 3.63) is 0 Å². The summed E-state index contributed by atoms with van der Waals surface area (Å²) >= 11 is 0. The fraction of sp³-hybridized carbons (Fsp3) is 0.875. The maximum atomic E-state index is 11.3. The van der Waals surface area contributed by atoms with Crippen molar-refractivity contribution in [2.75, 3.05) is 7.11 Å². The van der Waals surface area contributed by atoms with E-state index in [0.717, 1.165) is 0 Å². The minimum absolute atomic E-state index is 0.0509. The van der Waals surface area contributed by atoms with E-state index in [0.29, 0.717) is 6.42 Å². The van der Waals surface area contributed by atoms with Crippen LogP contribution >= 0.6 is 0 Å². The smallest absolute Gasteiger partial charge is 0.165 e. The summed E-state index contributed by atoms with van der Waals surface area (Å²) in [5, 5.41) is 0. The van der Waals surface area contributed by atoms with Crippen LogP contribution in [0.1, 0.15) is 27.2 Å². The lowest BCUT2D eigenvalue weighted by Gasteiger charge is -2.21. The van der Waals surface area contributed by atoms with E-state index in [4.69, 9.17) is 10.5 Å². The molecule has 0 aliphatic heterocycles. The first kappa shape index (κ1) is 10.6. The molecular formula is C8H17NO2. The Morgan fingerprint density at radius 1 is 1.64 bits per heavy atom. The summed E-state index contributed by atoms with van der Waals surface area (Å²) in [6, 6.07) is -0.0862. The highest BCUT2D eigenvalue weighted by Gasteiger charge is 2.26. The molecule has 0 radical (unpaired) electrons. The molecule has 2 N–H and O–H groups in total. The lowest BCUT2D eigenvalue weighted by Crippen LogP contribution is -2.37. The van der Waals surface area contributed by atoms with Gasteiger partial charge in [-0.25, -0.2) is 0 Å². The molecule has 3 heteroatoms. The maximum absolute atomic E-state index is 11.3. The van der Waals surface area contributed by atoms with Gasteiger partial charge in [0.1, 0.15) is 5.60 Å². The molecule has 0 aliphatic rings. The quantitative estimate of drug-likeness (QED) is 0.657. The van der Waals surface area contributed by atoms with Crippen molar-refractivity contribution in [2.45, 2.75) is 38.8 Å². The number of hydrogen-bond acceptors (Lipinski definition) is 3. The number of nitrogens with two attached hydrogens (primary N) is 1. The summed E-state index contributed by atoms with van der Waals surface area (Å²) in [6.07, 6.45) is 0.376. The van der Waals surface area contributed by atoms with Gasteiger partial charge >= 0.3 is 0 Å². The summed E-state index contributed by atoms with van der Waals surface area (Å²) in [6.45, 7) is 5.30. The third-order valence-electron chi connectivity index (χ3n) is 1.69. The Morgan fingerprint density at radius 3 is 2.36 bits per heavy atom. The van der Waals surface area contributed by atoms with Gasteiger partial charge in [-0.3, -0.25) is 4.79 Å². The molecule has 0 rings (SSSR count). The molecule has 0 fully saturated rings. The van der Waals surface area contributed by atoms with Crippen molar-refractivity contribution >= 4 is 5.78 Å². The second-order valence-corrected chi connectivity index (χ2v) is 3.32. The van der Waals surface area contributed by atoms with E-state index in [1.807, 2.05) is 6.92 Å². The third kappa shape index (κ3) is 3.49. The first-order valence-corrected chi connectivity index (χ1v) is 3.74. The largest absolute Gasteiger partial charge is 0.371 e. The fourth-order valence-electron chi connectivity index (χ4n) is 0.652. The molecule has 0 spiro atoms. The predicted octanol–water partition coefficient (Wildman–Crippen LogP) is 0.718. The van der Waals surface area contributed by atoms with E-state index in [1.54, 1.807) is 13.8 Å². The van der Waals surface area contributed by atoms with Gasteiger partial charge < -0.3 is 10.5 Å². The number of ketones is 1. The molecule has 1 atom stereocenters. The van der Waals surface area contributed by atoms with Crippen molar-refractivity contribution in [2.24, 2.45) is 5.73 Å². The van der Waals surface area contributed by atoms with E-state index in [1.165, 1.54) is 7.11 Å². The van der Waals surface area contributed by atoms with Gasteiger partial charge in [0.25, 0.3) is 0 Å². The Balaban J connectivity index is 4.02. The van der Waals surface area contributed by atoms with Crippen LogP contribution < -0.4 is 5.73 Å². The maximum Gasteiger partial charge on any atom is 0.165 e. The van der Waals surface area contributed by atoms with Gasteiger partial charge in [0.05, 0.1) is 0 Å². The molecule has 0 amide bonds. The average Bonchev–Trinajstić information content (AvgIpc) is 1.86. The average molecular weight is 159 g/mol. The minimum Gasteiger partial charge on any atom is -0.371 e. The molecule has 66 valence electrons. The lowest BCUT2D eigenvalue weighted by atomic mass is 9.98. The van der Waals surface area contributed by atoms with Crippen molar-refractivity contribution in [1.29, 1.82) is 0 Å². The van der Waals surface area contributed by atoms with Crippen LogP contribution in [0.5, 0.6) is 0 Å². The molecule has 0 aromatic heterocycles. The Morgan fingerprint density at radius 2 is 2.09 bits per heavy atom. The molecule has 0 bridgehead atoms. The van der Waals surface area contributed by atoms with Gasteiger partial charge in [0, 0.05) is 19.6 Å². The monoisotopic (exact) mass is 159 g/mol. The third-order valence-corrected chi connectivity index (χ3v) is 1.69. The van der Waals surface area contributed by atoms with Gasteiger partial charge in [-0.1, -0.05) is 0 Å². The standard InChI is InChI=1S/C8H17NO2/c1-6(9)5-7(10)8(2,3)11-4/h6H,5,9H2,1-4H3. The van der Waals surface area contributed by atoms with Crippen molar-refractivity contribution in [3.63, 3.8) is 0 Å². The molecule has 3 nitrogen and oxygen atoms in total. The Kier molecular flexibility index (Phi) is 3.69. The first-order chi connectivity index (χ1) is 4.90. The van der Waals surface area contributed by atoms with E-state index in [9.17, 15) is 4.79 Å². The van der Waals surface area contributed by atoms with Gasteiger partial charge in [0.2, 0.25) is 0 Å². The van der Waals surface area contributed by atoms with Crippen molar-refractivity contribution < 1.29 is 9.53 Å². The summed E-state index contributed by atoms with van der Waals surface area (Å²) in [7, 11) is 1.53. The highest BCUT2D eigenvalue weighted by Crippen LogP contribution is 2.11. The van der Waals surface area contributed by atoms with Crippen LogP contribution in [0, 0.1) is 0 Å². The zero-order chi connectivity index (χ0) is 9.07. The summed E-state index contributed by atoms with van der Waals surface area (Å²) < 4.78 is 5.00. The number of rotatable bonds is 4. The van der Waals surface area contributed by atoms with Gasteiger partial charge in [-0.05, 0) is 20.8 Å². The molecular weight excluding hydrogens is 142 g/mol. The molecule has 0 aromatic rings. The number of hydrogen-bond donors (Lipinski definition) is 1. The molecule has 0 aromatic carbocycles. The number of carbonyl (C=O) groups is 1. The van der Waals surface area contributed by atoms with E-state index in [-0.39, 0.29) is 11.8 Å².